The Kier molecular flexibility index (Phi) is 9.70. The number of benzene rings is 1. The molecule has 0 amide bonds. The molecule has 0 spiro atoms. The van der Waals surface area contributed by atoms with Gasteiger partial charge < -0.3 is 5.11 Å². The van der Waals surface area contributed by atoms with Gasteiger partial charge in [0, 0.05) is 5.75 Å². The summed E-state index contributed by atoms with van der Waals surface area (Å²) in [5.74, 6) is 2.68. The highest BCUT2D eigenvalue weighted by Gasteiger charge is 1.95. The van der Waals surface area contributed by atoms with E-state index < -0.39 is 0 Å². The van der Waals surface area contributed by atoms with Crippen LogP contribution in [0.5, 0.6) is 5.75 Å². The molecule has 0 unspecified atom stereocenters. The molecular formula is C17H28OS. The van der Waals surface area contributed by atoms with E-state index in [9.17, 15) is 5.11 Å². The van der Waals surface area contributed by atoms with Gasteiger partial charge in [0.25, 0.3) is 0 Å². The summed E-state index contributed by atoms with van der Waals surface area (Å²) >= 11 is 2.00. The third-order valence-corrected chi connectivity index (χ3v) is 4.46. The Hall–Kier alpha value is -0.630. The second-order valence-corrected chi connectivity index (χ2v) is 6.30. The van der Waals surface area contributed by atoms with Crippen molar-refractivity contribution < 1.29 is 5.11 Å². The van der Waals surface area contributed by atoms with E-state index in [0.717, 1.165) is 5.75 Å². The van der Waals surface area contributed by atoms with E-state index in [2.05, 4.69) is 6.92 Å². The maximum atomic E-state index is 9.20. The Morgan fingerprint density at radius 3 is 2.05 bits per heavy atom. The molecule has 0 bridgehead atoms. The normalized spacial score (nSPS) is 10.8. The lowest BCUT2D eigenvalue weighted by molar-refractivity contribution is 0.475. The average molecular weight is 280 g/mol. The second-order valence-electron chi connectivity index (χ2n) is 5.19. The Balaban J connectivity index is 1.87. The van der Waals surface area contributed by atoms with Gasteiger partial charge in [-0.05, 0) is 29.9 Å². The molecular weight excluding hydrogens is 252 g/mol. The molecule has 0 fully saturated rings. The zero-order valence-electron chi connectivity index (χ0n) is 12.2. The lowest BCUT2D eigenvalue weighted by Crippen LogP contribution is -1.85. The Morgan fingerprint density at radius 2 is 1.42 bits per heavy atom. The van der Waals surface area contributed by atoms with Gasteiger partial charge in [0.1, 0.15) is 5.75 Å². The van der Waals surface area contributed by atoms with Crippen LogP contribution in [-0.4, -0.2) is 10.9 Å². The van der Waals surface area contributed by atoms with E-state index in [4.69, 9.17) is 0 Å². The van der Waals surface area contributed by atoms with Crippen molar-refractivity contribution in [3.8, 4) is 5.75 Å². The summed E-state index contributed by atoms with van der Waals surface area (Å²) in [4.78, 5) is 0. The molecule has 0 saturated heterocycles. The van der Waals surface area contributed by atoms with Crippen molar-refractivity contribution in [2.24, 2.45) is 0 Å². The fraction of sp³-hybridized carbons (Fsp3) is 0.647. The first kappa shape index (κ1) is 16.4. The van der Waals surface area contributed by atoms with E-state index >= 15 is 0 Å². The third-order valence-electron chi connectivity index (χ3n) is 3.35. The van der Waals surface area contributed by atoms with Crippen molar-refractivity contribution in [1.82, 2.24) is 0 Å². The molecule has 0 aliphatic rings. The smallest absolute Gasteiger partial charge is 0.115 e. The number of unbranched alkanes of at least 4 members (excludes halogenated alkanes) is 7. The average Bonchev–Trinajstić information content (AvgIpc) is 2.43. The minimum absolute atomic E-state index is 0.358. The van der Waals surface area contributed by atoms with Crippen molar-refractivity contribution in [3.05, 3.63) is 29.8 Å². The lowest BCUT2D eigenvalue weighted by atomic mass is 10.1. The minimum Gasteiger partial charge on any atom is -0.508 e. The lowest BCUT2D eigenvalue weighted by Gasteiger charge is -2.03. The molecule has 0 heterocycles. The fourth-order valence-corrected chi connectivity index (χ4v) is 3.10. The summed E-state index contributed by atoms with van der Waals surface area (Å²) in [5.41, 5.74) is 1.31. The summed E-state index contributed by atoms with van der Waals surface area (Å²) in [6, 6.07) is 7.56. The van der Waals surface area contributed by atoms with Gasteiger partial charge >= 0.3 is 0 Å². The monoisotopic (exact) mass is 280 g/mol. The Bertz CT molecular complexity index is 308. The zero-order chi connectivity index (χ0) is 13.8. The van der Waals surface area contributed by atoms with E-state index in [1.807, 2.05) is 23.9 Å². The van der Waals surface area contributed by atoms with Crippen LogP contribution in [0, 0.1) is 0 Å². The molecule has 1 rings (SSSR count). The molecule has 0 aliphatic carbocycles. The third kappa shape index (κ3) is 8.99. The van der Waals surface area contributed by atoms with Gasteiger partial charge in [-0.2, -0.15) is 11.8 Å². The molecule has 2 heteroatoms. The highest BCUT2D eigenvalue weighted by Crippen LogP contribution is 2.17. The second kappa shape index (κ2) is 11.2. The number of rotatable bonds is 11. The summed E-state index contributed by atoms with van der Waals surface area (Å²) in [6.45, 7) is 2.27. The first-order chi connectivity index (χ1) is 9.33. The van der Waals surface area contributed by atoms with Crippen LogP contribution >= 0.6 is 11.8 Å². The molecule has 108 valence electrons. The highest BCUT2D eigenvalue weighted by molar-refractivity contribution is 7.98. The number of aromatic hydroxyl groups is 1. The predicted molar refractivity (Wildman–Crippen MR) is 86.9 cm³/mol. The van der Waals surface area contributed by atoms with Crippen LogP contribution in [0.3, 0.4) is 0 Å². The first-order valence-corrected chi connectivity index (χ1v) is 8.84. The standard InChI is InChI=1S/C17H28OS/c1-2-3-4-5-6-7-8-9-14-19-15-16-10-12-17(18)13-11-16/h10-13,18H,2-9,14-15H2,1H3. The van der Waals surface area contributed by atoms with Crippen molar-refractivity contribution in [2.75, 3.05) is 5.75 Å². The van der Waals surface area contributed by atoms with Gasteiger partial charge in [0.15, 0.2) is 0 Å². The number of phenolic OH excluding ortho intramolecular Hbond substituents is 1. The van der Waals surface area contributed by atoms with Crippen LogP contribution in [0.25, 0.3) is 0 Å². The predicted octanol–water partition coefficient (Wildman–Crippen LogP) is 5.77. The molecule has 1 aromatic carbocycles. The van der Waals surface area contributed by atoms with Gasteiger partial charge in [-0.1, -0.05) is 64.0 Å². The summed E-state index contributed by atoms with van der Waals surface area (Å²) in [6.07, 6.45) is 11.1. The molecule has 0 atom stereocenters. The minimum atomic E-state index is 0.358. The van der Waals surface area contributed by atoms with Crippen LogP contribution in [0.4, 0.5) is 0 Å². The van der Waals surface area contributed by atoms with E-state index in [1.54, 1.807) is 12.1 Å². The van der Waals surface area contributed by atoms with Crippen LogP contribution in [0.2, 0.25) is 0 Å². The van der Waals surface area contributed by atoms with Crippen LogP contribution in [0.1, 0.15) is 63.9 Å². The number of thioether (sulfide) groups is 1. The maximum Gasteiger partial charge on any atom is 0.115 e. The number of phenols is 1. The molecule has 1 nitrogen and oxygen atoms in total. The van der Waals surface area contributed by atoms with Crippen LogP contribution in [-0.2, 0) is 5.75 Å². The van der Waals surface area contributed by atoms with E-state index in [1.165, 1.54) is 62.7 Å². The van der Waals surface area contributed by atoms with E-state index in [-0.39, 0.29) is 0 Å². The summed E-state index contributed by atoms with van der Waals surface area (Å²) in [5, 5.41) is 9.20. The highest BCUT2D eigenvalue weighted by atomic mass is 32.2. The van der Waals surface area contributed by atoms with Crippen molar-refractivity contribution in [3.63, 3.8) is 0 Å². The summed E-state index contributed by atoms with van der Waals surface area (Å²) in [7, 11) is 0. The molecule has 0 aliphatic heterocycles. The zero-order valence-corrected chi connectivity index (χ0v) is 13.1. The Labute approximate surface area is 122 Å². The summed E-state index contributed by atoms with van der Waals surface area (Å²) < 4.78 is 0. The van der Waals surface area contributed by atoms with Gasteiger partial charge in [0.2, 0.25) is 0 Å². The first-order valence-electron chi connectivity index (χ1n) is 7.68. The van der Waals surface area contributed by atoms with E-state index in [0.29, 0.717) is 5.75 Å². The van der Waals surface area contributed by atoms with Gasteiger partial charge in [-0.15, -0.1) is 0 Å². The molecule has 1 aromatic rings. The quantitative estimate of drug-likeness (QED) is 0.519. The van der Waals surface area contributed by atoms with Gasteiger partial charge in [0.05, 0.1) is 0 Å². The molecule has 0 aromatic heterocycles. The molecule has 0 radical (unpaired) electrons. The van der Waals surface area contributed by atoms with Gasteiger partial charge in [-0.3, -0.25) is 0 Å². The maximum absolute atomic E-state index is 9.20. The molecule has 0 saturated carbocycles. The number of hydrogen-bond donors (Lipinski definition) is 1. The number of hydrogen-bond acceptors (Lipinski definition) is 2. The molecule has 19 heavy (non-hydrogen) atoms. The van der Waals surface area contributed by atoms with Crippen molar-refractivity contribution in [1.29, 1.82) is 0 Å². The van der Waals surface area contributed by atoms with Gasteiger partial charge in [-0.25, -0.2) is 0 Å². The Morgan fingerprint density at radius 1 is 0.842 bits per heavy atom. The SMILES string of the molecule is CCCCCCCCCCSCc1ccc(O)cc1. The van der Waals surface area contributed by atoms with Crippen molar-refractivity contribution in [2.45, 2.75) is 64.0 Å². The van der Waals surface area contributed by atoms with Crippen LogP contribution in [0.15, 0.2) is 24.3 Å². The fourth-order valence-electron chi connectivity index (χ4n) is 2.12. The molecule has 1 N–H and O–H groups in total. The van der Waals surface area contributed by atoms with Crippen molar-refractivity contribution >= 4 is 11.8 Å². The topological polar surface area (TPSA) is 20.2 Å². The largest absolute Gasteiger partial charge is 0.508 e. The van der Waals surface area contributed by atoms with Crippen LogP contribution < -0.4 is 0 Å².